The fraction of sp³-hybridized carbons (Fsp3) is 0.208. The fourth-order valence-corrected chi connectivity index (χ4v) is 5.73. The van der Waals surface area contributed by atoms with Crippen LogP contribution in [0, 0.1) is 6.92 Å². The monoisotopic (exact) mass is 504 g/mol. The molecule has 1 heterocycles. The molecule has 3 aromatic rings. The molecule has 172 valence electrons. The molecule has 0 aliphatic carbocycles. The molecule has 33 heavy (non-hydrogen) atoms. The van der Waals surface area contributed by atoms with Gasteiger partial charge >= 0.3 is 0 Å². The molecular weight excluding hydrogens is 483 g/mol. The van der Waals surface area contributed by atoms with Crippen LogP contribution in [0.1, 0.15) is 17.5 Å². The number of amides is 1. The smallest absolute Gasteiger partial charge is 0.264 e. The molecule has 3 aromatic carbocycles. The van der Waals surface area contributed by atoms with E-state index in [-0.39, 0.29) is 22.3 Å². The Morgan fingerprint density at radius 3 is 2.67 bits per heavy atom. The molecule has 0 saturated heterocycles. The number of nitrogens with zero attached hydrogens (tertiary/aromatic N) is 1. The van der Waals surface area contributed by atoms with Crippen LogP contribution in [-0.4, -0.2) is 27.5 Å². The Morgan fingerprint density at radius 1 is 1.09 bits per heavy atom. The highest BCUT2D eigenvalue weighted by molar-refractivity contribution is 7.92. The number of benzene rings is 3. The highest BCUT2D eigenvalue weighted by atomic mass is 35.5. The Labute approximate surface area is 203 Å². The minimum atomic E-state index is -3.79. The number of carbonyl (C=O) groups excluding carboxylic acids is 1. The summed E-state index contributed by atoms with van der Waals surface area (Å²) in [6.07, 6.45) is 1.58. The Morgan fingerprint density at radius 2 is 1.88 bits per heavy atom. The molecule has 0 radical (unpaired) electrons. The van der Waals surface area contributed by atoms with Gasteiger partial charge in [-0.3, -0.25) is 9.10 Å². The Kier molecular flexibility index (Phi) is 6.83. The van der Waals surface area contributed by atoms with E-state index in [1.165, 1.54) is 22.5 Å². The standard InChI is InChI=1S/C24H22Cl2N2O4S/c1-16-8-9-18(25)13-21(16)27-24(29)15-32-23-11-10-19(14-20(23)26)33(30,31)28-12-4-6-17-5-2-3-7-22(17)28/h2-3,5,7-11,13-14H,4,6,12,15H2,1H3,(H,27,29). The molecule has 1 amide bonds. The number of carbonyl (C=O) groups is 1. The topological polar surface area (TPSA) is 75.7 Å². The van der Waals surface area contributed by atoms with Gasteiger partial charge in [0.25, 0.3) is 15.9 Å². The summed E-state index contributed by atoms with van der Waals surface area (Å²) in [6.45, 7) is 1.96. The van der Waals surface area contributed by atoms with E-state index >= 15 is 0 Å². The minimum absolute atomic E-state index is 0.0653. The number of anilines is 2. The van der Waals surface area contributed by atoms with E-state index in [2.05, 4.69) is 5.32 Å². The fourth-order valence-electron chi connectivity index (χ4n) is 3.69. The van der Waals surface area contributed by atoms with Gasteiger partial charge in [-0.15, -0.1) is 0 Å². The Balaban J connectivity index is 1.47. The van der Waals surface area contributed by atoms with Gasteiger partial charge in [-0.05, 0) is 67.3 Å². The van der Waals surface area contributed by atoms with Crippen molar-refractivity contribution in [3.63, 3.8) is 0 Å². The van der Waals surface area contributed by atoms with Crippen LogP contribution in [0.15, 0.2) is 65.6 Å². The molecule has 6 nitrogen and oxygen atoms in total. The predicted octanol–water partition coefficient (Wildman–Crippen LogP) is 5.46. The van der Waals surface area contributed by atoms with Gasteiger partial charge in [-0.25, -0.2) is 8.42 Å². The van der Waals surface area contributed by atoms with Crippen molar-refractivity contribution in [2.75, 3.05) is 22.8 Å². The van der Waals surface area contributed by atoms with Crippen molar-refractivity contribution >= 4 is 50.5 Å². The maximum absolute atomic E-state index is 13.3. The third kappa shape index (κ3) is 5.11. The summed E-state index contributed by atoms with van der Waals surface area (Å²) in [4.78, 5) is 12.4. The van der Waals surface area contributed by atoms with Crippen LogP contribution in [0.5, 0.6) is 5.75 Å². The quantitative estimate of drug-likeness (QED) is 0.483. The molecule has 0 spiro atoms. The summed E-state index contributed by atoms with van der Waals surface area (Å²) in [5, 5.41) is 3.35. The molecule has 1 N–H and O–H groups in total. The Hall–Kier alpha value is -2.74. The molecule has 4 rings (SSSR count). The molecule has 0 saturated carbocycles. The van der Waals surface area contributed by atoms with E-state index in [0.29, 0.717) is 22.9 Å². The van der Waals surface area contributed by atoms with Gasteiger partial charge in [0.15, 0.2) is 6.61 Å². The zero-order valence-corrected chi connectivity index (χ0v) is 20.2. The average Bonchev–Trinajstić information content (AvgIpc) is 2.80. The van der Waals surface area contributed by atoms with E-state index in [0.717, 1.165) is 24.0 Å². The molecular formula is C24H22Cl2N2O4S. The van der Waals surface area contributed by atoms with Gasteiger partial charge in [-0.2, -0.15) is 0 Å². The lowest BCUT2D eigenvalue weighted by Gasteiger charge is -2.30. The number of nitrogens with one attached hydrogen (secondary N) is 1. The molecule has 0 atom stereocenters. The van der Waals surface area contributed by atoms with Crippen molar-refractivity contribution in [2.24, 2.45) is 0 Å². The van der Waals surface area contributed by atoms with E-state index in [1.54, 1.807) is 18.2 Å². The number of hydrogen-bond donors (Lipinski definition) is 1. The largest absolute Gasteiger partial charge is 0.482 e. The van der Waals surface area contributed by atoms with Crippen molar-refractivity contribution in [1.29, 1.82) is 0 Å². The highest BCUT2D eigenvalue weighted by Gasteiger charge is 2.29. The van der Waals surface area contributed by atoms with Crippen LogP contribution in [-0.2, 0) is 21.2 Å². The number of rotatable bonds is 6. The number of para-hydroxylation sites is 1. The van der Waals surface area contributed by atoms with Crippen LogP contribution in [0.4, 0.5) is 11.4 Å². The van der Waals surface area contributed by atoms with Crippen LogP contribution in [0.3, 0.4) is 0 Å². The number of sulfonamides is 1. The van der Waals surface area contributed by atoms with Crippen LogP contribution < -0.4 is 14.4 Å². The van der Waals surface area contributed by atoms with E-state index in [9.17, 15) is 13.2 Å². The lowest BCUT2D eigenvalue weighted by molar-refractivity contribution is -0.118. The molecule has 0 bridgehead atoms. The van der Waals surface area contributed by atoms with Gasteiger partial charge in [0, 0.05) is 17.3 Å². The van der Waals surface area contributed by atoms with Gasteiger partial charge in [0.2, 0.25) is 0 Å². The second-order valence-electron chi connectivity index (χ2n) is 7.70. The second-order valence-corrected chi connectivity index (χ2v) is 10.4. The molecule has 9 heteroatoms. The summed E-state index contributed by atoms with van der Waals surface area (Å²) in [5.74, 6) is -0.175. The van der Waals surface area contributed by atoms with Crippen molar-refractivity contribution in [2.45, 2.75) is 24.7 Å². The number of hydrogen-bond acceptors (Lipinski definition) is 4. The van der Waals surface area contributed by atoms with E-state index < -0.39 is 15.9 Å². The number of fused-ring (bicyclic) bond motifs is 1. The number of ether oxygens (including phenoxy) is 1. The van der Waals surface area contributed by atoms with Gasteiger partial charge in [0.05, 0.1) is 15.6 Å². The lowest BCUT2D eigenvalue weighted by Crippen LogP contribution is -2.35. The molecule has 0 fully saturated rings. The predicted molar refractivity (Wildman–Crippen MR) is 131 cm³/mol. The first-order chi connectivity index (χ1) is 15.8. The molecule has 1 aliphatic heterocycles. The van der Waals surface area contributed by atoms with Crippen LogP contribution >= 0.6 is 23.2 Å². The lowest BCUT2D eigenvalue weighted by atomic mass is 10.0. The van der Waals surface area contributed by atoms with Crippen molar-refractivity contribution < 1.29 is 17.9 Å². The molecule has 0 unspecified atom stereocenters. The summed E-state index contributed by atoms with van der Waals surface area (Å²) in [5.41, 5.74) is 3.14. The highest BCUT2D eigenvalue weighted by Crippen LogP contribution is 2.34. The van der Waals surface area contributed by atoms with Crippen LogP contribution in [0.2, 0.25) is 10.0 Å². The molecule has 1 aliphatic rings. The summed E-state index contributed by atoms with van der Waals surface area (Å²) < 4.78 is 33.5. The SMILES string of the molecule is Cc1ccc(Cl)cc1NC(=O)COc1ccc(S(=O)(=O)N2CCCc3ccccc32)cc1Cl. The van der Waals surface area contributed by atoms with Crippen LogP contribution in [0.25, 0.3) is 0 Å². The zero-order chi connectivity index (χ0) is 23.6. The first-order valence-electron chi connectivity index (χ1n) is 10.3. The van der Waals surface area contributed by atoms with Crippen molar-refractivity contribution in [3.05, 3.63) is 81.8 Å². The van der Waals surface area contributed by atoms with Gasteiger partial charge in [-0.1, -0.05) is 47.5 Å². The van der Waals surface area contributed by atoms with Crippen molar-refractivity contribution in [3.8, 4) is 5.75 Å². The van der Waals surface area contributed by atoms with Crippen molar-refractivity contribution in [1.82, 2.24) is 0 Å². The maximum atomic E-state index is 13.3. The molecule has 0 aromatic heterocycles. The number of halogens is 2. The van der Waals surface area contributed by atoms with E-state index in [1.807, 2.05) is 31.2 Å². The number of aryl methyl sites for hydroxylation is 2. The first kappa shape index (κ1) is 23.4. The minimum Gasteiger partial charge on any atom is -0.482 e. The second kappa shape index (κ2) is 9.63. The van der Waals surface area contributed by atoms with E-state index in [4.69, 9.17) is 27.9 Å². The third-order valence-corrected chi connectivity index (χ3v) is 7.73. The zero-order valence-electron chi connectivity index (χ0n) is 17.8. The van der Waals surface area contributed by atoms with Gasteiger partial charge < -0.3 is 10.1 Å². The summed E-state index contributed by atoms with van der Waals surface area (Å²) in [6, 6.07) is 16.9. The summed E-state index contributed by atoms with van der Waals surface area (Å²) in [7, 11) is -3.79. The maximum Gasteiger partial charge on any atom is 0.264 e. The average molecular weight is 505 g/mol. The Bertz CT molecular complexity index is 1310. The third-order valence-electron chi connectivity index (χ3n) is 5.39. The first-order valence-corrected chi connectivity index (χ1v) is 12.5. The normalized spacial score (nSPS) is 13.4. The summed E-state index contributed by atoms with van der Waals surface area (Å²) >= 11 is 12.3. The van der Waals surface area contributed by atoms with Gasteiger partial charge in [0.1, 0.15) is 5.75 Å².